The molecule has 1 aromatic carbocycles. The van der Waals surface area contributed by atoms with Crippen molar-refractivity contribution < 1.29 is 14.2 Å². The van der Waals surface area contributed by atoms with Crippen LogP contribution >= 0.6 is 11.3 Å². The number of thiophene rings is 1. The predicted molar refractivity (Wildman–Crippen MR) is 142 cm³/mol. The molecule has 1 aliphatic rings. The highest BCUT2D eigenvalue weighted by molar-refractivity contribution is 7.10. The monoisotopic (exact) mass is 495 g/mol. The molecule has 0 aliphatic carbocycles. The Morgan fingerprint density at radius 2 is 2.09 bits per heavy atom. The summed E-state index contributed by atoms with van der Waals surface area (Å²) in [4.78, 5) is 9.85. The summed E-state index contributed by atoms with van der Waals surface area (Å²) in [6.45, 7) is 2.55. The van der Waals surface area contributed by atoms with Gasteiger partial charge in [0.25, 0.3) is 0 Å². The van der Waals surface area contributed by atoms with Gasteiger partial charge in [0.15, 0.2) is 0 Å². The number of aliphatic hydroxyl groups excluding tert-OH is 1. The van der Waals surface area contributed by atoms with Crippen LogP contribution in [0.15, 0.2) is 41.9 Å². The molecule has 2 aromatic heterocycles. The van der Waals surface area contributed by atoms with Crippen LogP contribution in [0.2, 0.25) is 0 Å². The number of ether oxygens (including phenoxy) is 1. The van der Waals surface area contributed by atoms with E-state index in [9.17, 15) is 5.11 Å². The van der Waals surface area contributed by atoms with E-state index in [1.165, 1.54) is 0 Å². The first-order valence-corrected chi connectivity index (χ1v) is 13.0. The lowest BCUT2D eigenvalue weighted by Gasteiger charge is -2.40. The molecule has 1 N–H and O–H groups in total. The van der Waals surface area contributed by atoms with Crippen molar-refractivity contribution in [3.05, 3.63) is 52.3 Å². The molecule has 1 aliphatic heterocycles. The Labute approximate surface area is 211 Å². The summed E-state index contributed by atoms with van der Waals surface area (Å²) in [5.41, 5.74) is 1.92. The van der Waals surface area contributed by atoms with Crippen molar-refractivity contribution in [2.45, 2.75) is 31.9 Å². The molecule has 4 rings (SSSR count). The summed E-state index contributed by atoms with van der Waals surface area (Å²) in [7, 11) is 5.43. The lowest BCUT2D eigenvalue weighted by Crippen LogP contribution is -2.42. The molecule has 1 saturated heterocycles. The molecular weight excluding hydrogens is 461 g/mol. The number of nitrogens with zero attached hydrogens (tertiary/aromatic N) is 3. The van der Waals surface area contributed by atoms with Crippen molar-refractivity contribution in [2.75, 3.05) is 52.3 Å². The normalized spacial score (nSPS) is 16.5. The first-order chi connectivity index (χ1) is 16.9. The van der Waals surface area contributed by atoms with E-state index in [1.807, 2.05) is 54.7 Å². The minimum atomic E-state index is -1.16. The lowest BCUT2D eigenvalue weighted by atomic mass is 9.74. The fourth-order valence-electron chi connectivity index (χ4n) is 4.83. The van der Waals surface area contributed by atoms with Gasteiger partial charge in [0.05, 0.1) is 35.9 Å². The van der Waals surface area contributed by atoms with Crippen LogP contribution in [-0.2, 0) is 0 Å². The molecule has 3 aromatic rings. The number of aromatic nitrogens is 1. The number of pyridine rings is 1. The van der Waals surface area contributed by atoms with Gasteiger partial charge in [-0.1, -0.05) is 17.9 Å². The zero-order valence-corrected chi connectivity index (χ0v) is 21.6. The highest BCUT2D eigenvalue weighted by Gasteiger charge is 2.35. The summed E-state index contributed by atoms with van der Waals surface area (Å²) < 4.78 is 21.4. The van der Waals surface area contributed by atoms with Gasteiger partial charge in [-0.25, -0.2) is 4.39 Å². The topological polar surface area (TPSA) is 48.8 Å². The Morgan fingerprint density at radius 3 is 2.74 bits per heavy atom. The van der Waals surface area contributed by atoms with Gasteiger partial charge in [0.1, 0.15) is 11.9 Å². The molecule has 1 atom stereocenters. The van der Waals surface area contributed by atoms with Crippen LogP contribution in [0.4, 0.5) is 10.1 Å². The smallest absolute Gasteiger partial charge is 0.128 e. The second-order valence-corrected chi connectivity index (χ2v) is 10.5. The third-order valence-electron chi connectivity index (χ3n) is 7.11. The first-order valence-electron chi connectivity index (χ1n) is 12.1. The standard InChI is InChI=1S/C28H34FN3O2S/c1-31(2)26-19-30-25-9-8-21(34-3)18-23(25)27(26)24(29)10-11-28(20-33)12-15-32(16-13-28)14-4-6-22-7-5-17-35-22/h5,7-9,17-19,24,33H,10-16,20H2,1-3H3. The number of fused-ring (bicyclic) bond motifs is 1. The van der Waals surface area contributed by atoms with Crippen molar-refractivity contribution in [2.24, 2.45) is 5.41 Å². The largest absolute Gasteiger partial charge is 0.497 e. The van der Waals surface area contributed by atoms with Crippen LogP contribution in [0.5, 0.6) is 5.75 Å². The quantitative estimate of drug-likeness (QED) is 0.431. The maximum absolute atomic E-state index is 16.0. The van der Waals surface area contributed by atoms with Gasteiger partial charge in [-0.15, -0.1) is 11.3 Å². The van der Waals surface area contributed by atoms with Crippen molar-refractivity contribution >= 4 is 27.9 Å². The van der Waals surface area contributed by atoms with E-state index in [0.717, 1.165) is 53.9 Å². The molecule has 0 bridgehead atoms. The van der Waals surface area contributed by atoms with Gasteiger partial charge in [-0.2, -0.15) is 0 Å². The highest BCUT2D eigenvalue weighted by Crippen LogP contribution is 2.42. The third kappa shape index (κ3) is 5.95. The van der Waals surface area contributed by atoms with Gasteiger partial charge in [-0.05, 0) is 73.8 Å². The molecule has 35 heavy (non-hydrogen) atoms. The summed E-state index contributed by atoms with van der Waals surface area (Å²) in [6, 6.07) is 9.63. The van der Waals surface area contributed by atoms with E-state index < -0.39 is 6.17 Å². The van der Waals surface area contributed by atoms with Gasteiger partial charge in [0.2, 0.25) is 0 Å². The van der Waals surface area contributed by atoms with E-state index in [0.29, 0.717) is 24.2 Å². The fraction of sp³-hybridized carbons (Fsp3) is 0.464. The number of piperidine rings is 1. The molecule has 0 amide bonds. The van der Waals surface area contributed by atoms with Crippen LogP contribution in [0.3, 0.4) is 0 Å². The highest BCUT2D eigenvalue weighted by atomic mass is 32.1. The summed E-state index contributed by atoms with van der Waals surface area (Å²) in [5.74, 6) is 7.16. The van der Waals surface area contributed by atoms with Crippen LogP contribution in [-0.4, -0.2) is 62.4 Å². The number of methoxy groups -OCH3 is 1. The van der Waals surface area contributed by atoms with E-state index in [-0.39, 0.29) is 12.0 Å². The average Bonchev–Trinajstić information content (AvgIpc) is 3.40. The van der Waals surface area contributed by atoms with Gasteiger partial charge in [0, 0.05) is 31.7 Å². The second-order valence-electron chi connectivity index (χ2n) is 9.55. The molecular formula is C28H34FN3O2S. The molecule has 0 spiro atoms. The molecule has 186 valence electrons. The average molecular weight is 496 g/mol. The van der Waals surface area contributed by atoms with E-state index in [2.05, 4.69) is 21.7 Å². The number of alkyl halides is 1. The Bertz CT molecular complexity index is 1180. The zero-order valence-electron chi connectivity index (χ0n) is 20.8. The van der Waals surface area contributed by atoms with Crippen molar-refractivity contribution in [1.82, 2.24) is 9.88 Å². The maximum atomic E-state index is 16.0. The number of halogens is 1. The number of likely N-dealkylation sites (tertiary alicyclic amines) is 1. The molecule has 1 unspecified atom stereocenters. The molecule has 5 nitrogen and oxygen atoms in total. The van der Waals surface area contributed by atoms with Crippen LogP contribution < -0.4 is 9.64 Å². The second kappa shape index (κ2) is 11.4. The van der Waals surface area contributed by atoms with Crippen molar-refractivity contribution in [3.63, 3.8) is 0 Å². The Balaban J connectivity index is 1.44. The molecule has 0 saturated carbocycles. The number of hydrogen-bond donors (Lipinski definition) is 1. The van der Waals surface area contributed by atoms with Gasteiger partial charge in [-0.3, -0.25) is 9.88 Å². The van der Waals surface area contributed by atoms with E-state index in [4.69, 9.17) is 4.74 Å². The number of aliphatic hydroxyl groups is 1. The fourth-order valence-corrected chi connectivity index (χ4v) is 5.42. The number of anilines is 1. The third-order valence-corrected chi connectivity index (χ3v) is 7.89. The Morgan fingerprint density at radius 1 is 1.29 bits per heavy atom. The number of rotatable bonds is 8. The maximum Gasteiger partial charge on any atom is 0.128 e. The molecule has 1 fully saturated rings. The SMILES string of the molecule is COc1ccc2ncc(N(C)C)c(C(F)CCC3(CO)CCN(CC#Cc4cccs4)CC3)c2c1. The summed E-state index contributed by atoms with van der Waals surface area (Å²) in [5, 5.41) is 13.1. The predicted octanol–water partition coefficient (Wildman–Crippen LogP) is 5.29. The van der Waals surface area contributed by atoms with Crippen molar-refractivity contribution in [1.29, 1.82) is 0 Å². The van der Waals surface area contributed by atoms with Crippen LogP contribution in [0.25, 0.3) is 10.9 Å². The van der Waals surface area contributed by atoms with Gasteiger partial charge >= 0.3 is 0 Å². The summed E-state index contributed by atoms with van der Waals surface area (Å²) in [6.07, 6.45) is 3.28. The molecule has 7 heteroatoms. The zero-order chi connectivity index (χ0) is 24.8. The van der Waals surface area contributed by atoms with E-state index in [1.54, 1.807) is 24.6 Å². The number of hydrogen-bond acceptors (Lipinski definition) is 6. The van der Waals surface area contributed by atoms with Gasteiger partial charge < -0.3 is 14.7 Å². The lowest BCUT2D eigenvalue weighted by molar-refractivity contribution is 0.0345. The first kappa shape index (κ1) is 25.4. The van der Waals surface area contributed by atoms with Crippen LogP contribution in [0.1, 0.15) is 42.3 Å². The van der Waals surface area contributed by atoms with E-state index >= 15 is 4.39 Å². The van der Waals surface area contributed by atoms with Crippen LogP contribution in [0, 0.1) is 17.3 Å². The minimum Gasteiger partial charge on any atom is -0.497 e. The molecule has 0 radical (unpaired) electrons. The Kier molecular flexibility index (Phi) is 8.27. The molecule has 3 heterocycles. The minimum absolute atomic E-state index is 0.0832. The Hall–Kier alpha value is -2.66. The van der Waals surface area contributed by atoms with Crippen molar-refractivity contribution in [3.8, 4) is 17.6 Å². The summed E-state index contributed by atoms with van der Waals surface area (Å²) >= 11 is 1.65. The number of benzene rings is 1.